The molecule has 5 nitrogen and oxygen atoms in total. The molecule has 1 saturated heterocycles. The van der Waals surface area contributed by atoms with Crippen molar-refractivity contribution >= 4 is 5.91 Å². The average Bonchev–Trinajstić information content (AvgIpc) is 3.20. The molecular weight excluding hydrogens is 397 g/mol. The molecule has 0 N–H and O–H groups in total. The largest absolute Gasteiger partial charge is 0.486 e. The predicted molar refractivity (Wildman–Crippen MR) is 103 cm³/mol. The van der Waals surface area contributed by atoms with E-state index in [9.17, 15) is 18.0 Å². The lowest BCUT2D eigenvalue weighted by Gasteiger charge is -2.39. The fraction of sp³-hybridized carbons (Fsp3) is 0.545. The number of alkyl halides is 3. The third-order valence-electron chi connectivity index (χ3n) is 6.00. The van der Waals surface area contributed by atoms with E-state index in [1.54, 1.807) is 0 Å². The van der Waals surface area contributed by atoms with E-state index >= 15 is 0 Å². The van der Waals surface area contributed by atoms with Crippen molar-refractivity contribution in [1.29, 1.82) is 0 Å². The molecule has 2 aromatic rings. The molecule has 2 heterocycles. The van der Waals surface area contributed by atoms with E-state index in [2.05, 4.69) is 25.9 Å². The molecule has 8 heteroatoms. The summed E-state index contributed by atoms with van der Waals surface area (Å²) in [6.07, 6.45) is -1.41. The first-order chi connectivity index (χ1) is 13.9. The first kappa shape index (κ1) is 20.8. The van der Waals surface area contributed by atoms with Crippen LogP contribution in [0.2, 0.25) is 0 Å². The molecule has 1 aliphatic carbocycles. The zero-order valence-electron chi connectivity index (χ0n) is 17.3. The Morgan fingerprint density at radius 3 is 2.77 bits per heavy atom. The smallest absolute Gasteiger partial charge is 0.416 e. The van der Waals surface area contributed by atoms with Crippen molar-refractivity contribution in [2.24, 2.45) is 10.8 Å². The SMILES string of the molecule is CC1(C)C[C@@H]2C[C@@](C)(CN2C(=O)c2cc(COc3cccc(C(F)(F)F)c3)on2)C1. The van der Waals surface area contributed by atoms with E-state index in [0.29, 0.717) is 6.54 Å². The van der Waals surface area contributed by atoms with E-state index in [-0.39, 0.29) is 46.6 Å². The van der Waals surface area contributed by atoms with Crippen LogP contribution in [-0.4, -0.2) is 28.6 Å². The summed E-state index contributed by atoms with van der Waals surface area (Å²) >= 11 is 0. The van der Waals surface area contributed by atoms with Gasteiger partial charge in [-0.3, -0.25) is 4.79 Å². The number of rotatable bonds is 4. The first-order valence-electron chi connectivity index (χ1n) is 10.0. The van der Waals surface area contributed by atoms with Gasteiger partial charge >= 0.3 is 6.18 Å². The van der Waals surface area contributed by atoms with E-state index in [1.807, 2.05) is 4.90 Å². The fourth-order valence-electron chi connectivity index (χ4n) is 5.24. The normalized spacial score (nSPS) is 25.4. The van der Waals surface area contributed by atoms with Gasteiger partial charge < -0.3 is 14.2 Å². The number of benzene rings is 1. The highest BCUT2D eigenvalue weighted by Gasteiger charge is 2.51. The molecule has 162 valence electrons. The molecule has 0 unspecified atom stereocenters. The van der Waals surface area contributed by atoms with E-state index in [0.717, 1.165) is 31.4 Å². The summed E-state index contributed by atoms with van der Waals surface area (Å²) in [5.74, 6) is 0.178. The molecule has 2 bridgehead atoms. The van der Waals surface area contributed by atoms with Crippen LogP contribution in [0.5, 0.6) is 5.75 Å². The minimum absolute atomic E-state index is 0.0672. The molecular formula is C22H25F3N2O3. The van der Waals surface area contributed by atoms with Gasteiger partial charge in [0.2, 0.25) is 0 Å². The first-order valence-corrected chi connectivity index (χ1v) is 10.0. The number of ether oxygens (including phenoxy) is 1. The number of carbonyl (C=O) groups is 1. The zero-order chi connectivity index (χ0) is 21.7. The van der Waals surface area contributed by atoms with Crippen molar-refractivity contribution in [2.45, 2.75) is 58.9 Å². The molecule has 1 amide bonds. The van der Waals surface area contributed by atoms with Crippen LogP contribution in [0.25, 0.3) is 0 Å². The number of halogens is 3. The highest BCUT2D eigenvalue weighted by Crippen LogP contribution is 2.52. The lowest BCUT2D eigenvalue weighted by Crippen LogP contribution is -2.37. The van der Waals surface area contributed by atoms with Crippen LogP contribution in [0.3, 0.4) is 0 Å². The van der Waals surface area contributed by atoms with Gasteiger partial charge in [-0.1, -0.05) is 32.0 Å². The minimum Gasteiger partial charge on any atom is -0.486 e. The summed E-state index contributed by atoms with van der Waals surface area (Å²) in [5.41, 5.74) is -0.279. The maximum absolute atomic E-state index is 13.0. The second kappa shape index (κ2) is 7.03. The van der Waals surface area contributed by atoms with Crippen LogP contribution >= 0.6 is 0 Å². The summed E-state index contributed by atoms with van der Waals surface area (Å²) in [7, 11) is 0. The van der Waals surface area contributed by atoms with Crippen molar-refractivity contribution in [3.63, 3.8) is 0 Å². The second-order valence-corrected chi connectivity index (χ2v) is 9.64. The van der Waals surface area contributed by atoms with Crippen molar-refractivity contribution in [1.82, 2.24) is 10.1 Å². The molecule has 2 fully saturated rings. The van der Waals surface area contributed by atoms with Crippen LogP contribution in [0.4, 0.5) is 13.2 Å². The van der Waals surface area contributed by atoms with E-state index < -0.39 is 11.7 Å². The number of hydrogen-bond acceptors (Lipinski definition) is 4. The highest BCUT2D eigenvalue weighted by molar-refractivity contribution is 5.92. The molecule has 30 heavy (non-hydrogen) atoms. The summed E-state index contributed by atoms with van der Waals surface area (Å²) < 4.78 is 49.0. The van der Waals surface area contributed by atoms with Gasteiger partial charge in [-0.15, -0.1) is 0 Å². The summed E-state index contributed by atoms with van der Waals surface area (Å²) in [5, 5.41) is 3.88. The predicted octanol–water partition coefficient (Wildman–Crippen LogP) is 5.31. The molecule has 2 aliphatic rings. The maximum atomic E-state index is 13.0. The molecule has 1 saturated carbocycles. The number of likely N-dealkylation sites (tertiary alicyclic amines) is 1. The third-order valence-corrected chi connectivity index (χ3v) is 6.00. The Balaban J connectivity index is 1.42. The van der Waals surface area contributed by atoms with Crippen LogP contribution in [0.15, 0.2) is 34.9 Å². The monoisotopic (exact) mass is 422 g/mol. The molecule has 2 atom stereocenters. The van der Waals surface area contributed by atoms with Crippen LogP contribution in [0, 0.1) is 10.8 Å². The van der Waals surface area contributed by atoms with Crippen molar-refractivity contribution in [3.05, 3.63) is 47.3 Å². The van der Waals surface area contributed by atoms with Gasteiger partial charge in [0.15, 0.2) is 11.5 Å². The van der Waals surface area contributed by atoms with Crippen LogP contribution in [0.1, 0.15) is 61.8 Å². The number of fused-ring (bicyclic) bond motifs is 2. The van der Waals surface area contributed by atoms with Crippen molar-refractivity contribution in [3.8, 4) is 5.75 Å². The second-order valence-electron chi connectivity index (χ2n) is 9.64. The van der Waals surface area contributed by atoms with Gasteiger partial charge in [0.1, 0.15) is 12.4 Å². The standard InChI is InChI=1S/C22H25F3N2O3/c1-20(2)9-15-10-21(3,12-20)13-27(15)19(28)18-8-17(30-26-18)11-29-16-6-4-5-14(7-16)22(23,24)25/h4-8,15H,9-13H2,1-3H3/t15-,21-/m1/s1. The van der Waals surface area contributed by atoms with Crippen LogP contribution in [-0.2, 0) is 12.8 Å². The average molecular weight is 422 g/mol. The number of aromatic nitrogens is 1. The number of carbonyl (C=O) groups excluding carboxylic acids is 1. The fourth-order valence-corrected chi connectivity index (χ4v) is 5.24. The summed E-state index contributed by atoms with van der Waals surface area (Å²) in [6, 6.07) is 6.31. The Bertz CT molecular complexity index is 953. The number of hydrogen-bond donors (Lipinski definition) is 0. The molecule has 1 aromatic carbocycles. The van der Waals surface area contributed by atoms with E-state index in [4.69, 9.17) is 9.26 Å². The summed E-state index contributed by atoms with van der Waals surface area (Å²) in [4.78, 5) is 14.9. The Kier molecular flexibility index (Phi) is 4.86. The molecule has 4 rings (SSSR count). The lowest BCUT2D eigenvalue weighted by atomic mass is 9.65. The third kappa shape index (κ3) is 4.18. The Morgan fingerprint density at radius 2 is 2.03 bits per heavy atom. The van der Waals surface area contributed by atoms with Gasteiger partial charge in [-0.05, 0) is 48.3 Å². The van der Waals surface area contributed by atoms with Gasteiger partial charge in [0.25, 0.3) is 5.91 Å². The van der Waals surface area contributed by atoms with Crippen LogP contribution < -0.4 is 4.74 Å². The molecule has 1 aliphatic heterocycles. The number of nitrogens with zero attached hydrogens (tertiary/aromatic N) is 2. The maximum Gasteiger partial charge on any atom is 0.416 e. The Labute approximate surface area is 173 Å². The molecule has 0 spiro atoms. The molecule has 0 radical (unpaired) electrons. The minimum atomic E-state index is -4.44. The Morgan fingerprint density at radius 1 is 1.27 bits per heavy atom. The number of amides is 1. The van der Waals surface area contributed by atoms with Gasteiger partial charge in [0.05, 0.1) is 5.56 Å². The van der Waals surface area contributed by atoms with Crippen molar-refractivity contribution in [2.75, 3.05) is 6.54 Å². The lowest BCUT2D eigenvalue weighted by molar-refractivity contribution is -0.137. The zero-order valence-corrected chi connectivity index (χ0v) is 17.3. The van der Waals surface area contributed by atoms with E-state index in [1.165, 1.54) is 18.2 Å². The van der Waals surface area contributed by atoms with Gasteiger partial charge in [0, 0.05) is 18.7 Å². The highest BCUT2D eigenvalue weighted by atomic mass is 19.4. The Hall–Kier alpha value is -2.51. The quantitative estimate of drug-likeness (QED) is 0.670. The topological polar surface area (TPSA) is 55.6 Å². The summed E-state index contributed by atoms with van der Waals surface area (Å²) in [6.45, 7) is 7.29. The van der Waals surface area contributed by atoms with Gasteiger partial charge in [-0.25, -0.2) is 0 Å². The van der Waals surface area contributed by atoms with Gasteiger partial charge in [-0.2, -0.15) is 13.2 Å². The van der Waals surface area contributed by atoms with Crippen molar-refractivity contribution < 1.29 is 27.2 Å². The molecule has 1 aromatic heterocycles.